The molecule has 4 rings (SSSR count). The summed E-state index contributed by atoms with van der Waals surface area (Å²) in [7, 11) is 1.72. The van der Waals surface area contributed by atoms with Gasteiger partial charge < -0.3 is 10.2 Å². The molecule has 2 aromatic rings. The molecule has 1 aromatic carbocycles. The lowest BCUT2D eigenvalue weighted by molar-refractivity contribution is 0.102. The largest absolute Gasteiger partial charge is 0.330 e. The van der Waals surface area contributed by atoms with Gasteiger partial charge in [0.05, 0.1) is 30.0 Å². The van der Waals surface area contributed by atoms with Gasteiger partial charge in [0.2, 0.25) is 0 Å². The van der Waals surface area contributed by atoms with Crippen molar-refractivity contribution in [2.45, 2.75) is 25.7 Å². The van der Waals surface area contributed by atoms with Gasteiger partial charge in [0.25, 0.3) is 5.91 Å². The van der Waals surface area contributed by atoms with E-state index in [0.717, 1.165) is 19.6 Å². The number of pyridine rings is 1. The van der Waals surface area contributed by atoms with Crippen molar-refractivity contribution in [3.8, 4) is 11.8 Å². The van der Waals surface area contributed by atoms with Gasteiger partial charge in [-0.3, -0.25) is 9.69 Å². The number of carbonyl (C=O) groups excluding carboxylic acids is 2. The van der Waals surface area contributed by atoms with Crippen LogP contribution in [0.3, 0.4) is 0 Å². The zero-order valence-corrected chi connectivity index (χ0v) is 17.8. The highest BCUT2D eigenvalue weighted by atomic mass is 16.2. The fraction of sp³-hybridized carbons (Fsp3) is 0.375. The van der Waals surface area contributed by atoms with Crippen molar-refractivity contribution < 1.29 is 9.59 Å². The van der Waals surface area contributed by atoms with Crippen LogP contribution >= 0.6 is 0 Å². The first-order chi connectivity index (χ1) is 15.1. The summed E-state index contributed by atoms with van der Waals surface area (Å²) in [6.07, 6.45) is 6.66. The second-order valence-electron chi connectivity index (χ2n) is 7.86. The molecule has 1 N–H and O–H groups in total. The maximum atomic E-state index is 13.4. The number of urea groups is 1. The van der Waals surface area contributed by atoms with E-state index < -0.39 is 0 Å². The molecule has 0 unspecified atom stereocenters. The van der Waals surface area contributed by atoms with Gasteiger partial charge in [0.1, 0.15) is 0 Å². The van der Waals surface area contributed by atoms with Crippen LogP contribution in [0.1, 0.15) is 36.0 Å². The number of anilines is 3. The van der Waals surface area contributed by atoms with Crippen molar-refractivity contribution in [3.63, 3.8) is 0 Å². The summed E-state index contributed by atoms with van der Waals surface area (Å²) >= 11 is 0. The second kappa shape index (κ2) is 9.63. The lowest BCUT2D eigenvalue weighted by Crippen LogP contribution is -2.39. The van der Waals surface area contributed by atoms with Gasteiger partial charge in [-0.05, 0) is 50.2 Å². The fourth-order valence-electron chi connectivity index (χ4n) is 3.91. The van der Waals surface area contributed by atoms with Crippen molar-refractivity contribution in [2.75, 3.05) is 43.4 Å². The monoisotopic (exact) mass is 417 g/mol. The Labute approximate surface area is 183 Å². The molecule has 1 aromatic heterocycles. The van der Waals surface area contributed by atoms with E-state index in [1.807, 2.05) is 0 Å². The number of para-hydroxylation sites is 1. The highest BCUT2D eigenvalue weighted by Gasteiger charge is 2.31. The molecule has 0 radical (unpaired) electrons. The number of benzene rings is 1. The Hall–Kier alpha value is -3.37. The van der Waals surface area contributed by atoms with Crippen LogP contribution in [0.5, 0.6) is 0 Å². The van der Waals surface area contributed by atoms with E-state index in [2.05, 4.69) is 27.0 Å². The zero-order valence-electron chi connectivity index (χ0n) is 17.8. The molecule has 160 valence electrons. The molecule has 1 fully saturated rings. The van der Waals surface area contributed by atoms with E-state index in [9.17, 15) is 9.59 Å². The molecule has 3 heterocycles. The molecule has 0 spiro atoms. The van der Waals surface area contributed by atoms with Crippen molar-refractivity contribution >= 4 is 29.1 Å². The molecule has 3 amide bonds. The molecule has 0 bridgehead atoms. The van der Waals surface area contributed by atoms with Gasteiger partial charge in [-0.15, -0.1) is 0 Å². The van der Waals surface area contributed by atoms with Gasteiger partial charge in [-0.25, -0.2) is 14.7 Å². The van der Waals surface area contributed by atoms with E-state index in [1.54, 1.807) is 54.5 Å². The van der Waals surface area contributed by atoms with Crippen molar-refractivity contribution in [1.29, 1.82) is 0 Å². The fourth-order valence-corrected chi connectivity index (χ4v) is 3.91. The smallest absolute Gasteiger partial charge is 0.319 e. The number of fused-ring (bicyclic) bond motifs is 2. The molecule has 2 aliphatic rings. The Morgan fingerprint density at radius 1 is 1.10 bits per heavy atom. The molecule has 1 saturated heterocycles. The van der Waals surface area contributed by atoms with Gasteiger partial charge >= 0.3 is 6.03 Å². The Morgan fingerprint density at radius 3 is 2.68 bits per heavy atom. The third-order valence-electron chi connectivity index (χ3n) is 5.60. The number of amides is 3. The Bertz CT molecular complexity index is 1020. The number of likely N-dealkylation sites (tertiary alicyclic amines) is 1. The van der Waals surface area contributed by atoms with Crippen molar-refractivity contribution in [1.82, 2.24) is 14.8 Å². The maximum Gasteiger partial charge on any atom is 0.330 e. The Morgan fingerprint density at radius 2 is 1.87 bits per heavy atom. The highest BCUT2D eigenvalue weighted by molar-refractivity contribution is 6.16. The summed E-state index contributed by atoms with van der Waals surface area (Å²) in [6, 6.07) is 10.2. The van der Waals surface area contributed by atoms with E-state index in [0.29, 0.717) is 29.3 Å². The molecule has 7 nitrogen and oxygen atoms in total. The SMILES string of the molecule is CN(CC#CCN1CCCCCC1)C(=O)N1c2ccccc2C(=O)Nc2cccnc21. The second-order valence-corrected chi connectivity index (χ2v) is 7.86. The molecule has 31 heavy (non-hydrogen) atoms. The summed E-state index contributed by atoms with van der Waals surface area (Å²) in [5.41, 5.74) is 1.43. The van der Waals surface area contributed by atoms with Crippen LogP contribution in [0.15, 0.2) is 42.6 Å². The number of hydrogen-bond donors (Lipinski definition) is 1. The van der Waals surface area contributed by atoms with E-state index >= 15 is 0 Å². The summed E-state index contributed by atoms with van der Waals surface area (Å²) in [4.78, 5) is 35.9. The predicted octanol–water partition coefficient (Wildman–Crippen LogP) is 3.72. The van der Waals surface area contributed by atoms with Crippen LogP contribution in [0.2, 0.25) is 0 Å². The first-order valence-electron chi connectivity index (χ1n) is 10.7. The minimum Gasteiger partial charge on any atom is -0.319 e. The molecule has 0 aliphatic carbocycles. The van der Waals surface area contributed by atoms with Gasteiger partial charge in [-0.2, -0.15) is 0 Å². The van der Waals surface area contributed by atoms with Gasteiger partial charge in [0.15, 0.2) is 5.82 Å². The zero-order chi connectivity index (χ0) is 21.6. The standard InChI is InChI=1S/C24H27N5O2/c1-27(15-8-9-18-28-16-6-2-3-7-17-28)24(31)29-21-13-5-4-11-19(21)23(30)26-20-12-10-14-25-22(20)29/h4-5,10-14H,2-3,6-7,15-18H2,1H3,(H,26,30). The molecule has 0 atom stereocenters. The number of rotatable bonds is 2. The minimum atomic E-state index is -0.284. The lowest BCUT2D eigenvalue weighted by Gasteiger charge is -2.27. The van der Waals surface area contributed by atoms with Crippen LogP contribution in [0, 0.1) is 11.8 Å². The van der Waals surface area contributed by atoms with Crippen LogP contribution < -0.4 is 10.2 Å². The summed E-state index contributed by atoms with van der Waals surface area (Å²) in [5, 5.41) is 2.85. The average Bonchev–Trinajstić information content (AvgIpc) is 3.12. The van der Waals surface area contributed by atoms with Gasteiger partial charge in [-0.1, -0.05) is 36.8 Å². The number of nitrogens with zero attached hydrogens (tertiary/aromatic N) is 4. The first kappa shape index (κ1) is 20.9. The summed E-state index contributed by atoms with van der Waals surface area (Å²) in [6.45, 7) is 3.22. The predicted molar refractivity (Wildman–Crippen MR) is 121 cm³/mol. The molecular formula is C24H27N5O2. The van der Waals surface area contributed by atoms with E-state index in [1.165, 1.54) is 30.6 Å². The van der Waals surface area contributed by atoms with E-state index in [4.69, 9.17) is 0 Å². The number of carbonyl (C=O) groups is 2. The summed E-state index contributed by atoms with van der Waals surface area (Å²) < 4.78 is 0. The third-order valence-corrected chi connectivity index (χ3v) is 5.60. The average molecular weight is 418 g/mol. The molecular weight excluding hydrogens is 390 g/mol. The van der Waals surface area contributed by atoms with Gasteiger partial charge in [0, 0.05) is 13.2 Å². The number of aromatic nitrogens is 1. The van der Waals surface area contributed by atoms with Crippen LogP contribution in [0.25, 0.3) is 0 Å². The van der Waals surface area contributed by atoms with Crippen LogP contribution in [0.4, 0.5) is 22.0 Å². The van der Waals surface area contributed by atoms with Crippen LogP contribution in [-0.4, -0.2) is 59.9 Å². The Kier molecular flexibility index (Phi) is 6.48. The first-order valence-corrected chi connectivity index (χ1v) is 10.7. The number of nitrogens with one attached hydrogen (secondary N) is 1. The van der Waals surface area contributed by atoms with Crippen LogP contribution in [-0.2, 0) is 0 Å². The Balaban J connectivity index is 1.53. The van der Waals surface area contributed by atoms with Crippen molar-refractivity contribution in [3.05, 3.63) is 48.2 Å². The molecule has 0 saturated carbocycles. The maximum absolute atomic E-state index is 13.4. The third kappa shape index (κ3) is 4.70. The lowest BCUT2D eigenvalue weighted by atomic mass is 10.1. The topological polar surface area (TPSA) is 68.8 Å². The molecule has 2 aliphatic heterocycles. The highest BCUT2D eigenvalue weighted by Crippen LogP contribution is 2.36. The normalized spacial score (nSPS) is 16.0. The van der Waals surface area contributed by atoms with Crippen molar-refractivity contribution in [2.24, 2.45) is 0 Å². The molecule has 7 heteroatoms. The van der Waals surface area contributed by atoms with E-state index in [-0.39, 0.29) is 11.9 Å². The number of hydrogen-bond acceptors (Lipinski definition) is 4. The quantitative estimate of drug-likeness (QED) is 0.757. The minimum absolute atomic E-state index is 0.264. The summed E-state index contributed by atoms with van der Waals surface area (Å²) in [5.74, 6) is 6.47.